The van der Waals surface area contributed by atoms with Crippen LogP contribution >= 0.6 is 11.6 Å². The Morgan fingerprint density at radius 3 is 2.58 bits per heavy atom. The Morgan fingerprint density at radius 1 is 1.09 bits per heavy atom. The van der Waals surface area contributed by atoms with Crippen LogP contribution in [0.15, 0.2) is 48.5 Å². The quantitative estimate of drug-likeness (QED) is 0.614. The van der Waals surface area contributed by atoms with Crippen LogP contribution < -0.4 is 20.7 Å². The normalized spacial score (nSPS) is 22.1. The van der Waals surface area contributed by atoms with E-state index in [-0.39, 0.29) is 30.3 Å². The van der Waals surface area contributed by atoms with E-state index in [0.29, 0.717) is 22.1 Å². The number of urea groups is 1. The molecule has 2 aromatic rings. The van der Waals surface area contributed by atoms with Gasteiger partial charge in [-0.05, 0) is 49.2 Å². The number of benzene rings is 2. The number of carbonyl (C=O) groups excluding carboxylic acids is 3. The fraction of sp³-hybridized carbons (Fsp3) is 0.375. The van der Waals surface area contributed by atoms with Gasteiger partial charge in [0.05, 0.1) is 25.3 Å². The van der Waals surface area contributed by atoms with Gasteiger partial charge in [-0.15, -0.1) is 0 Å². The Labute approximate surface area is 197 Å². The minimum atomic E-state index is -0.925. The number of hydrogen-bond acceptors (Lipinski definition) is 4. The summed E-state index contributed by atoms with van der Waals surface area (Å²) in [5, 5.41) is 9.25. The van der Waals surface area contributed by atoms with E-state index in [9.17, 15) is 14.4 Å². The molecule has 2 aromatic carbocycles. The summed E-state index contributed by atoms with van der Waals surface area (Å²) in [7, 11) is 1.52. The molecule has 4 amide bonds. The third-order valence-corrected chi connectivity index (χ3v) is 6.39. The van der Waals surface area contributed by atoms with E-state index in [1.807, 2.05) is 0 Å². The highest BCUT2D eigenvalue weighted by Gasteiger charge is 2.46. The number of fused-ring (bicyclic) bond motifs is 1. The zero-order chi connectivity index (χ0) is 23.4. The van der Waals surface area contributed by atoms with Gasteiger partial charge in [0.25, 0.3) is 0 Å². The molecule has 1 aliphatic carbocycles. The summed E-state index contributed by atoms with van der Waals surface area (Å²) in [6.07, 6.45) is 3.36. The maximum absolute atomic E-state index is 13.4. The van der Waals surface area contributed by atoms with Gasteiger partial charge in [0.1, 0.15) is 11.8 Å². The number of nitrogens with one attached hydrogen (secondary N) is 3. The zero-order valence-corrected chi connectivity index (χ0v) is 19.1. The average Bonchev–Trinajstić information content (AvgIpc) is 2.81. The van der Waals surface area contributed by atoms with Crippen molar-refractivity contribution in [3.63, 3.8) is 0 Å². The van der Waals surface area contributed by atoms with Crippen molar-refractivity contribution in [1.82, 2.24) is 10.2 Å². The number of methoxy groups -OCH3 is 1. The molecule has 3 atom stereocenters. The van der Waals surface area contributed by atoms with Crippen LogP contribution in [0.2, 0.25) is 5.02 Å². The largest absolute Gasteiger partial charge is 0.495 e. The molecular formula is C24H27ClN4O4. The maximum atomic E-state index is 13.4. The van der Waals surface area contributed by atoms with Crippen molar-refractivity contribution in [2.24, 2.45) is 0 Å². The molecule has 0 bridgehead atoms. The van der Waals surface area contributed by atoms with Gasteiger partial charge >= 0.3 is 6.03 Å². The molecule has 2 fully saturated rings. The van der Waals surface area contributed by atoms with Gasteiger partial charge in [-0.25, -0.2) is 4.79 Å². The Kier molecular flexibility index (Phi) is 7.03. The summed E-state index contributed by atoms with van der Waals surface area (Å²) < 4.78 is 5.28. The van der Waals surface area contributed by atoms with Gasteiger partial charge < -0.3 is 25.6 Å². The molecule has 1 saturated heterocycles. The van der Waals surface area contributed by atoms with Crippen LogP contribution in [0.4, 0.5) is 16.2 Å². The minimum Gasteiger partial charge on any atom is -0.495 e. The van der Waals surface area contributed by atoms with Crippen LogP contribution in [0.1, 0.15) is 32.1 Å². The Hall–Kier alpha value is -3.26. The molecule has 2 aliphatic rings. The summed E-state index contributed by atoms with van der Waals surface area (Å²) in [5.41, 5.74) is 1.08. The summed E-state index contributed by atoms with van der Waals surface area (Å²) >= 11 is 5.95. The Morgan fingerprint density at radius 2 is 1.82 bits per heavy atom. The van der Waals surface area contributed by atoms with Crippen LogP contribution in [0.25, 0.3) is 0 Å². The zero-order valence-electron chi connectivity index (χ0n) is 18.3. The fourth-order valence-electron chi connectivity index (χ4n) is 4.58. The minimum absolute atomic E-state index is 0.115. The van der Waals surface area contributed by atoms with Crippen LogP contribution in [0.3, 0.4) is 0 Å². The van der Waals surface area contributed by atoms with E-state index in [2.05, 4.69) is 16.0 Å². The van der Waals surface area contributed by atoms with E-state index in [1.165, 1.54) is 7.11 Å². The molecule has 1 heterocycles. The van der Waals surface area contributed by atoms with E-state index in [0.717, 1.165) is 25.7 Å². The standard InChI is InChI=1S/C24H27ClN4O4/c1-33-21-9-5-3-7-18(21)27-22(30)14-20-23(31)28-17-6-2-4-8-19(17)29(20)24(32)26-16-12-10-15(25)11-13-16/h3,5,7,9-13,17,19-20H,2,4,6,8,14H2,1H3,(H,26,32)(H,27,30)(H,28,31)/t17-,19+,20+/m0/s1. The molecule has 8 nitrogen and oxygen atoms in total. The van der Waals surface area contributed by atoms with Crippen molar-refractivity contribution in [3.8, 4) is 5.75 Å². The number of ether oxygens (including phenoxy) is 1. The maximum Gasteiger partial charge on any atom is 0.322 e. The molecular weight excluding hydrogens is 444 g/mol. The molecule has 3 N–H and O–H groups in total. The van der Waals surface area contributed by atoms with Crippen molar-refractivity contribution in [3.05, 3.63) is 53.6 Å². The van der Waals surface area contributed by atoms with Crippen molar-refractivity contribution < 1.29 is 19.1 Å². The predicted molar refractivity (Wildman–Crippen MR) is 127 cm³/mol. The van der Waals surface area contributed by atoms with Gasteiger partial charge in [0, 0.05) is 16.8 Å². The third-order valence-electron chi connectivity index (χ3n) is 6.14. The molecule has 0 spiro atoms. The number of halogens is 1. The lowest BCUT2D eigenvalue weighted by Crippen LogP contribution is -2.68. The number of hydrogen-bond donors (Lipinski definition) is 3. The number of carbonyl (C=O) groups is 3. The smallest absolute Gasteiger partial charge is 0.322 e. The summed E-state index contributed by atoms with van der Waals surface area (Å²) in [5.74, 6) is -0.179. The topological polar surface area (TPSA) is 99.8 Å². The first-order chi connectivity index (χ1) is 16.0. The van der Waals surface area contributed by atoms with Crippen molar-refractivity contribution in [1.29, 1.82) is 0 Å². The van der Waals surface area contributed by atoms with Crippen LogP contribution in [0, 0.1) is 0 Å². The van der Waals surface area contributed by atoms with Gasteiger partial charge in [-0.1, -0.05) is 36.6 Å². The Bertz CT molecular complexity index is 1030. The third kappa shape index (κ3) is 5.22. The molecule has 33 heavy (non-hydrogen) atoms. The summed E-state index contributed by atoms with van der Waals surface area (Å²) in [4.78, 5) is 40.8. The lowest BCUT2D eigenvalue weighted by molar-refractivity contribution is -0.135. The monoisotopic (exact) mass is 470 g/mol. The first kappa shape index (κ1) is 22.9. The number of rotatable bonds is 5. The number of anilines is 2. The SMILES string of the molecule is COc1ccccc1NC(=O)C[C@@H]1C(=O)N[C@H]2CCCC[C@H]2N1C(=O)Nc1ccc(Cl)cc1. The first-order valence-electron chi connectivity index (χ1n) is 11.0. The van der Waals surface area contributed by atoms with Crippen molar-refractivity contribution >= 4 is 40.8 Å². The average molecular weight is 471 g/mol. The van der Waals surface area contributed by atoms with E-state index in [4.69, 9.17) is 16.3 Å². The first-order valence-corrected chi connectivity index (χ1v) is 11.4. The molecule has 1 saturated carbocycles. The van der Waals surface area contributed by atoms with Crippen molar-refractivity contribution in [2.45, 2.75) is 50.2 Å². The van der Waals surface area contributed by atoms with Gasteiger partial charge in [-0.2, -0.15) is 0 Å². The highest BCUT2D eigenvalue weighted by molar-refractivity contribution is 6.30. The number of piperazine rings is 1. The molecule has 0 aromatic heterocycles. The van der Waals surface area contributed by atoms with Gasteiger partial charge in [0.2, 0.25) is 11.8 Å². The summed E-state index contributed by atoms with van der Waals surface area (Å²) in [6, 6.07) is 12.2. The van der Waals surface area contributed by atoms with Crippen LogP contribution in [-0.4, -0.2) is 48.0 Å². The van der Waals surface area contributed by atoms with E-state index in [1.54, 1.807) is 53.4 Å². The highest BCUT2D eigenvalue weighted by Crippen LogP contribution is 2.31. The van der Waals surface area contributed by atoms with Crippen LogP contribution in [-0.2, 0) is 9.59 Å². The number of nitrogens with zero attached hydrogens (tertiary/aromatic N) is 1. The molecule has 0 radical (unpaired) electrons. The number of para-hydroxylation sites is 2. The second kappa shape index (κ2) is 10.1. The molecule has 4 rings (SSSR count). The summed E-state index contributed by atoms with van der Waals surface area (Å²) in [6.45, 7) is 0. The van der Waals surface area contributed by atoms with Gasteiger partial charge in [-0.3, -0.25) is 9.59 Å². The van der Waals surface area contributed by atoms with Gasteiger partial charge in [0.15, 0.2) is 0 Å². The molecule has 9 heteroatoms. The van der Waals surface area contributed by atoms with Crippen LogP contribution in [0.5, 0.6) is 5.75 Å². The Balaban J connectivity index is 1.55. The van der Waals surface area contributed by atoms with E-state index < -0.39 is 12.1 Å². The predicted octanol–water partition coefficient (Wildman–Crippen LogP) is 4.02. The lowest BCUT2D eigenvalue weighted by atomic mass is 9.85. The van der Waals surface area contributed by atoms with Crippen molar-refractivity contribution in [2.75, 3.05) is 17.7 Å². The molecule has 174 valence electrons. The van der Waals surface area contributed by atoms with E-state index >= 15 is 0 Å². The molecule has 1 aliphatic heterocycles. The second-order valence-corrected chi connectivity index (χ2v) is 8.72. The highest BCUT2D eigenvalue weighted by atomic mass is 35.5. The second-order valence-electron chi connectivity index (χ2n) is 8.28. The fourth-order valence-corrected chi connectivity index (χ4v) is 4.70. The lowest BCUT2D eigenvalue weighted by Gasteiger charge is -2.47. The molecule has 0 unspecified atom stereocenters. The number of amides is 4.